The van der Waals surface area contributed by atoms with Gasteiger partial charge in [-0.05, 0) is 36.6 Å². The van der Waals surface area contributed by atoms with Crippen LogP contribution < -0.4 is 11.1 Å². The van der Waals surface area contributed by atoms with E-state index in [-0.39, 0.29) is 11.8 Å². The zero-order valence-electron chi connectivity index (χ0n) is 11.9. The summed E-state index contributed by atoms with van der Waals surface area (Å²) in [6.07, 6.45) is 0.889. The molecule has 2 aromatic rings. The molecule has 1 amide bonds. The van der Waals surface area contributed by atoms with Crippen LogP contribution in [-0.4, -0.2) is 5.91 Å². The van der Waals surface area contributed by atoms with Gasteiger partial charge in [0, 0.05) is 11.4 Å². The highest BCUT2D eigenvalue weighted by Crippen LogP contribution is 2.21. The number of aryl methyl sites for hydroxylation is 1. The average molecular weight is 268 g/mol. The van der Waals surface area contributed by atoms with Gasteiger partial charge in [-0.2, -0.15) is 0 Å². The minimum atomic E-state index is -0.191. The Morgan fingerprint density at radius 3 is 2.50 bits per heavy atom. The van der Waals surface area contributed by atoms with Crippen LogP contribution in [0.1, 0.15) is 30.9 Å². The first-order valence-corrected chi connectivity index (χ1v) is 6.86. The van der Waals surface area contributed by atoms with Gasteiger partial charge in [0.2, 0.25) is 5.91 Å². The molecular weight excluding hydrogens is 248 g/mol. The van der Waals surface area contributed by atoms with E-state index >= 15 is 0 Å². The number of carbonyl (C=O) groups is 1. The Morgan fingerprint density at radius 2 is 1.90 bits per heavy atom. The van der Waals surface area contributed by atoms with E-state index in [2.05, 4.69) is 12.2 Å². The predicted octanol–water partition coefficient (Wildman–Crippen LogP) is 3.57. The second-order valence-electron chi connectivity index (χ2n) is 4.89. The van der Waals surface area contributed by atoms with E-state index in [1.807, 2.05) is 55.5 Å². The summed E-state index contributed by atoms with van der Waals surface area (Å²) in [4.78, 5) is 12.2. The van der Waals surface area contributed by atoms with Crippen LogP contribution in [-0.2, 0) is 11.2 Å². The molecular formula is C17H20N2O. The molecule has 20 heavy (non-hydrogen) atoms. The lowest BCUT2D eigenvalue weighted by Gasteiger charge is -2.13. The van der Waals surface area contributed by atoms with Crippen LogP contribution in [0.3, 0.4) is 0 Å². The predicted molar refractivity (Wildman–Crippen MR) is 83.7 cm³/mol. The number of carbonyl (C=O) groups excluding carboxylic acids is 1. The Morgan fingerprint density at radius 1 is 1.20 bits per heavy atom. The molecule has 3 nitrogen and oxygen atoms in total. The lowest BCUT2D eigenvalue weighted by molar-refractivity contribution is -0.117. The Labute approximate surface area is 119 Å². The SMILES string of the molecule is CCc1ccc(NC(=O)C(C)c2ccccc2)cc1N. The molecule has 0 aliphatic heterocycles. The van der Waals surface area contributed by atoms with Gasteiger partial charge in [-0.3, -0.25) is 4.79 Å². The number of nitrogens with two attached hydrogens (primary N) is 1. The maximum absolute atomic E-state index is 12.2. The molecule has 2 rings (SSSR count). The molecule has 3 N–H and O–H groups in total. The summed E-state index contributed by atoms with van der Waals surface area (Å²) < 4.78 is 0. The topological polar surface area (TPSA) is 55.1 Å². The molecule has 0 heterocycles. The van der Waals surface area contributed by atoms with Gasteiger partial charge in [0.25, 0.3) is 0 Å². The van der Waals surface area contributed by atoms with Gasteiger partial charge in [0.05, 0.1) is 5.92 Å². The molecule has 0 spiro atoms. The summed E-state index contributed by atoms with van der Waals surface area (Å²) in [5.74, 6) is -0.219. The van der Waals surface area contributed by atoms with Gasteiger partial charge in [0.1, 0.15) is 0 Å². The Kier molecular flexibility index (Phi) is 4.41. The van der Waals surface area contributed by atoms with E-state index in [4.69, 9.17) is 5.73 Å². The molecule has 0 radical (unpaired) electrons. The number of nitrogen functional groups attached to an aromatic ring is 1. The minimum absolute atomic E-state index is 0.0279. The molecule has 1 unspecified atom stereocenters. The number of hydrogen-bond acceptors (Lipinski definition) is 2. The number of nitrogens with one attached hydrogen (secondary N) is 1. The Bertz CT molecular complexity index is 593. The second-order valence-corrected chi connectivity index (χ2v) is 4.89. The van der Waals surface area contributed by atoms with Gasteiger partial charge in [0.15, 0.2) is 0 Å². The van der Waals surface area contributed by atoms with E-state index in [1.165, 1.54) is 0 Å². The normalized spacial score (nSPS) is 11.9. The first-order valence-electron chi connectivity index (χ1n) is 6.86. The zero-order valence-corrected chi connectivity index (χ0v) is 11.9. The minimum Gasteiger partial charge on any atom is -0.398 e. The van der Waals surface area contributed by atoms with Gasteiger partial charge in [-0.15, -0.1) is 0 Å². The van der Waals surface area contributed by atoms with Gasteiger partial charge in [-0.25, -0.2) is 0 Å². The quantitative estimate of drug-likeness (QED) is 0.833. The fourth-order valence-electron chi connectivity index (χ4n) is 2.14. The summed E-state index contributed by atoms with van der Waals surface area (Å²) in [6, 6.07) is 15.4. The summed E-state index contributed by atoms with van der Waals surface area (Å²) in [7, 11) is 0. The number of rotatable bonds is 4. The summed E-state index contributed by atoms with van der Waals surface area (Å²) in [6.45, 7) is 3.95. The first kappa shape index (κ1) is 14.1. The van der Waals surface area contributed by atoms with Crippen LogP contribution in [0.4, 0.5) is 11.4 Å². The first-order chi connectivity index (χ1) is 9.61. The van der Waals surface area contributed by atoms with Crippen LogP contribution in [0.5, 0.6) is 0 Å². The van der Waals surface area contributed by atoms with Crippen LogP contribution in [0.15, 0.2) is 48.5 Å². The maximum atomic E-state index is 12.2. The van der Waals surface area contributed by atoms with Crippen molar-refractivity contribution in [1.29, 1.82) is 0 Å². The van der Waals surface area contributed by atoms with E-state index in [9.17, 15) is 4.79 Å². The molecule has 104 valence electrons. The third kappa shape index (κ3) is 3.18. The van der Waals surface area contributed by atoms with Crippen LogP contribution in [0.25, 0.3) is 0 Å². The monoisotopic (exact) mass is 268 g/mol. The molecule has 0 aliphatic carbocycles. The molecule has 0 aliphatic rings. The molecule has 1 atom stereocenters. The maximum Gasteiger partial charge on any atom is 0.231 e. The Hall–Kier alpha value is -2.29. The smallest absolute Gasteiger partial charge is 0.231 e. The molecule has 0 saturated heterocycles. The Balaban J connectivity index is 2.10. The fraction of sp³-hybridized carbons (Fsp3) is 0.235. The highest BCUT2D eigenvalue weighted by Gasteiger charge is 2.15. The van der Waals surface area contributed by atoms with Crippen molar-refractivity contribution in [1.82, 2.24) is 0 Å². The van der Waals surface area contributed by atoms with E-state index in [0.717, 1.165) is 28.9 Å². The van der Waals surface area contributed by atoms with E-state index in [0.29, 0.717) is 0 Å². The van der Waals surface area contributed by atoms with Crippen LogP contribution >= 0.6 is 0 Å². The lowest BCUT2D eigenvalue weighted by Crippen LogP contribution is -2.19. The van der Waals surface area contributed by atoms with Crippen molar-refractivity contribution >= 4 is 17.3 Å². The van der Waals surface area contributed by atoms with Crippen molar-refractivity contribution in [3.05, 3.63) is 59.7 Å². The van der Waals surface area contributed by atoms with Crippen molar-refractivity contribution in [3.8, 4) is 0 Å². The number of amides is 1. The van der Waals surface area contributed by atoms with E-state index < -0.39 is 0 Å². The second kappa shape index (κ2) is 6.24. The molecule has 2 aromatic carbocycles. The fourth-order valence-corrected chi connectivity index (χ4v) is 2.14. The summed E-state index contributed by atoms with van der Waals surface area (Å²) in [5.41, 5.74) is 9.51. The van der Waals surface area contributed by atoms with Gasteiger partial charge >= 0.3 is 0 Å². The standard InChI is InChI=1S/C17H20N2O/c1-3-13-9-10-15(11-16(13)18)19-17(20)12(2)14-7-5-4-6-8-14/h4-12H,3,18H2,1-2H3,(H,19,20). The zero-order chi connectivity index (χ0) is 14.5. The van der Waals surface area contributed by atoms with Crippen molar-refractivity contribution < 1.29 is 4.79 Å². The number of hydrogen-bond donors (Lipinski definition) is 2. The molecule has 0 saturated carbocycles. The van der Waals surface area contributed by atoms with Crippen molar-refractivity contribution in [3.63, 3.8) is 0 Å². The average Bonchev–Trinajstić information content (AvgIpc) is 2.47. The third-order valence-electron chi connectivity index (χ3n) is 3.49. The largest absolute Gasteiger partial charge is 0.398 e. The van der Waals surface area contributed by atoms with Crippen molar-refractivity contribution in [2.45, 2.75) is 26.2 Å². The van der Waals surface area contributed by atoms with Gasteiger partial charge < -0.3 is 11.1 Å². The highest BCUT2D eigenvalue weighted by atomic mass is 16.1. The van der Waals surface area contributed by atoms with Gasteiger partial charge in [-0.1, -0.05) is 43.3 Å². The summed E-state index contributed by atoms with van der Waals surface area (Å²) in [5, 5.41) is 2.91. The highest BCUT2D eigenvalue weighted by molar-refractivity contribution is 5.96. The van der Waals surface area contributed by atoms with Crippen molar-refractivity contribution in [2.75, 3.05) is 11.1 Å². The van der Waals surface area contributed by atoms with Crippen molar-refractivity contribution in [2.24, 2.45) is 0 Å². The van der Waals surface area contributed by atoms with Crippen LogP contribution in [0.2, 0.25) is 0 Å². The number of anilines is 2. The molecule has 0 fully saturated rings. The molecule has 0 bridgehead atoms. The van der Waals surface area contributed by atoms with E-state index in [1.54, 1.807) is 0 Å². The van der Waals surface area contributed by atoms with Crippen LogP contribution in [0, 0.1) is 0 Å². The summed E-state index contributed by atoms with van der Waals surface area (Å²) >= 11 is 0. The lowest BCUT2D eigenvalue weighted by atomic mass is 10.0. The molecule has 3 heteroatoms. The number of benzene rings is 2. The molecule has 0 aromatic heterocycles. The third-order valence-corrected chi connectivity index (χ3v) is 3.49.